The first kappa shape index (κ1) is 16.5. The maximum absolute atomic E-state index is 13.5. The highest BCUT2D eigenvalue weighted by Gasteiger charge is 2.31. The Hall–Kier alpha value is -2.84. The van der Waals surface area contributed by atoms with E-state index in [2.05, 4.69) is 5.32 Å². The average molecular weight is 332 g/mol. The maximum Gasteiger partial charge on any atom is 0.416 e. The topological polar surface area (TPSA) is 61.4 Å². The van der Waals surface area contributed by atoms with Crippen molar-refractivity contribution in [3.05, 3.63) is 53.6 Å². The molecule has 0 saturated carbocycles. The van der Waals surface area contributed by atoms with Gasteiger partial charge in [-0.2, -0.15) is 13.2 Å². The van der Waals surface area contributed by atoms with Gasteiger partial charge < -0.3 is 15.7 Å². The van der Waals surface area contributed by atoms with Crippen molar-refractivity contribution in [3.63, 3.8) is 0 Å². The van der Waals surface area contributed by atoms with Crippen LogP contribution in [0.25, 0.3) is 0 Å². The van der Waals surface area contributed by atoms with Gasteiger partial charge in [-0.15, -0.1) is 0 Å². The van der Waals surface area contributed by atoms with Crippen molar-refractivity contribution in [1.29, 1.82) is 0 Å². The zero-order valence-corrected chi connectivity index (χ0v) is 11.2. The molecule has 0 aromatic heterocycles. The van der Waals surface area contributed by atoms with Crippen LogP contribution in [0.2, 0.25) is 0 Å². The molecule has 0 aliphatic carbocycles. The lowest BCUT2D eigenvalue weighted by Gasteiger charge is -2.12. The molecule has 0 unspecified atom stereocenters. The molecule has 9 heteroatoms. The molecule has 4 nitrogen and oxygen atoms in total. The van der Waals surface area contributed by atoms with E-state index in [-0.39, 0.29) is 5.69 Å². The van der Waals surface area contributed by atoms with Crippen LogP contribution in [-0.4, -0.2) is 11.1 Å². The molecule has 2 rings (SSSR count). The van der Waals surface area contributed by atoms with Gasteiger partial charge in [-0.1, -0.05) is 0 Å². The summed E-state index contributed by atoms with van der Waals surface area (Å²) in [7, 11) is 0. The minimum Gasteiger partial charge on any atom is -0.505 e. The number of hydrogen-bond donors (Lipinski definition) is 3. The molecule has 23 heavy (non-hydrogen) atoms. The van der Waals surface area contributed by atoms with Gasteiger partial charge in [0.2, 0.25) is 0 Å². The third-order valence-electron chi connectivity index (χ3n) is 2.75. The van der Waals surface area contributed by atoms with Gasteiger partial charge >= 0.3 is 12.2 Å². The number of urea groups is 1. The lowest BCUT2D eigenvalue weighted by Crippen LogP contribution is -2.20. The predicted molar refractivity (Wildman–Crippen MR) is 72.1 cm³/mol. The number of phenols is 1. The summed E-state index contributed by atoms with van der Waals surface area (Å²) in [5.74, 6) is -2.71. The Morgan fingerprint density at radius 3 is 2.26 bits per heavy atom. The number of carbonyl (C=O) groups is 1. The highest BCUT2D eigenvalue weighted by atomic mass is 19.4. The van der Waals surface area contributed by atoms with Crippen LogP contribution < -0.4 is 10.6 Å². The second-order valence-corrected chi connectivity index (χ2v) is 4.44. The molecule has 3 N–H and O–H groups in total. The predicted octanol–water partition coefficient (Wildman–Crippen LogP) is 4.33. The normalized spacial score (nSPS) is 11.2. The summed E-state index contributed by atoms with van der Waals surface area (Å²) in [6.45, 7) is 0. The number of halogens is 5. The van der Waals surface area contributed by atoms with Crippen molar-refractivity contribution in [1.82, 2.24) is 0 Å². The second kappa shape index (κ2) is 6.11. The van der Waals surface area contributed by atoms with E-state index in [9.17, 15) is 26.7 Å². The average Bonchev–Trinajstić information content (AvgIpc) is 2.44. The molecule has 122 valence electrons. The molecule has 2 aromatic rings. The molecule has 0 fully saturated rings. The van der Waals surface area contributed by atoms with Crippen molar-refractivity contribution in [2.75, 3.05) is 10.6 Å². The van der Waals surface area contributed by atoms with Gasteiger partial charge in [0.05, 0.1) is 11.3 Å². The first-order valence-corrected chi connectivity index (χ1v) is 6.10. The second-order valence-electron chi connectivity index (χ2n) is 4.44. The number of anilines is 2. The fourth-order valence-corrected chi connectivity index (χ4v) is 1.67. The van der Waals surface area contributed by atoms with Gasteiger partial charge in [0.15, 0.2) is 11.6 Å². The monoisotopic (exact) mass is 332 g/mol. The number of phenolic OH excluding ortho intramolecular Hbond substituents is 1. The summed E-state index contributed by atoms with van der Waals surface area (Å²) in [4.78, 5) is 11.6. The Labute approximate surface area is 126 Å². The van der Waals surface area contributed by atoms with E-state index >= 15 is 0 Å². The van der Waals surface area contributed by atoms with Crippen LogP contribution in [0.3, 0.4) is 0 Å². The first-order valence-electron chi connectivity index (χ1n) is 6.10. The molecule has 0 aliphatic rings. The smallest absolute Gasteiger partial charge is 0.416 e. The molecule has 0 aliphatic heterocycles. The quantitative estimate of drug-likeness (QED) is 0.566. The number of aromatic hydroxyl groups is 1. The number of hydrogen-bond acceptors (Lipinski definition) is 2. The zero-order valence-electron chi connectivity index (χ0n) is 11.2. The zero-order chi connectivity index (χ0) is 17.2. The molecular weight excluding hydrogens is 323 g/mol. The Kier molecular flexibility index (Phi) is 4.39. The fraction of sp³-hybridized carbons (Fsp3) is 0.0714. The van der Waals surface area contributed by atoms with Crippen molar-refractivity contribution in [2.24, 2.45) is 0 Å². The van der Waals surface area contributed by atoms with Crippen LogP contribution in [0.1, 0.15) is 5.56 Å². The van der Waals surface area contributed by atoms with Gasteiger partial charge in [-0.3, -0.25) is 0 Å². The number of rotatable bonds is 2. The maximum atomic E-state index is 13.5. The largest absolute Gasteiger partial charge is 0.505 e. The Bertz CT molecular complexity index is 746. The third kappa shape index (κ3) is 4.09. The minimum atomic E-state index is -4.69. The number of nitrogens with one attached hydrogen (secondary N) is 2. The summed E-state index contributed by atoms with van der Waals surface area (Å²) < 4.78 is 64.2. The summed E-state index contributed by atoms with van der Waals surface area (Å²) in [6.07, 6.45) is -4.69. The number of benzene rings is 2. The molecule has 0 heterocycles. The SMILES string of the molecule is O=C(Nc1ccc(O)c(F)c1)Nc1cc(C(F)(F)F)ccc1F. The standard InChI is InChI=1S/C14H9F5N2O2/c15-9-3-1-7(14(17,18)19)5-11(9)21-13(23)20-8-2-4-12(22)10(16)6-8/h1-6,22H,(H2,20,21,23). The van der Waals surface area contributed by atoms with Crippen LogP contribution in [0.15, 0.2) is 36.4 Å². The summed E-state index contributed by atoms with van der Waals surface area (Å²) in [5.41, 5.74) is -1.90. The summed E-state index contributed by atoms with van der Waals surface area (Å²) in [5, 5.41) is 13.0. The van der Waals surface area contributed by atoms with E-state index in [1.165, 1.54) is 0 Å². The summed E-state index contributed by atoms with van der Waals surface area (Å²) >= 11 is 0. The van der Waals surface area contributed by atoms with E-state index < -0.39 is 40.8 Å². The molecule has 2 amide bonds. The van der Waals surface area contributed by atoms with E-state index in [1.807, 2.05) is 5.32 Å². The lowest BCUT2D eigenvalue weighted by atomic mass is 10.2. The Balaban J connectivity index is 2.15. The third-order valence-corrected chi connectivity index (χ3v) is 2.75. The highest BCUT2D eigenvalue weighted by molar-refractivity contribution is 5.99. The molecule has 0 bridgehead atoms. The van der Waals surface area contributed by atoms with E-state index in [0.717, 1.165) is 18.2 Å². The van der Waals surface area contributed by atoms with Gasteiger partial charge in [0, 0.05) is 11.8 Å². The van der Waals surface area contributed by atoms with Gasteiger partial charge in [0.25, 0.3) is 0 Å². The highest BCUT2D eigenvalue weighted by Crippen LogP contribution is 2.31. The van der Waals surface area contributed by atoms with Crippen LogP contribution in [0, 0.1) is 11.6 Å². The van der Waals surface area contributed by atoms with Gasteiger partial charge in [-0.25, -0.2) is 13.6 Å². The van der Waals surface area contributed by atoms with Crippen molar-refractivity contribution < 1.29 is 31.9 Å². The first-order chi connectivity index (χ1) is 10.7. The van der Waals surface area contributed by atoms with Crippen LogP contribution in [-0.2, 0) is 6.18 Å². The van der Waals surface area contributed by atoms with Crippen LogP contribution in [0.4, 0.5) is 38.1 Å². The van der Waals surface area contributed by atoms with E-state index in [1.54, 1.807) is 0 Å². The molecule has 0 spiro atoms. The molecule has 0 atom stereocenters. The lowest BCUT2D eigenvalue weighted by molar-refractivity contribution is -0.137. The molecule has 0 saturated heterocycles. The van der Waals surface area contributed by atoms with Crippen molar-refractivity contribution in [2.45, 2.75) is 6.18 Å². The molecule has 0 radical (unpaired) electrons. The van der Waals surface area contributed by atoms with Gasteiger partial charge in [-0.05, 0) is 30.3 Å². The van der Waals surface area contributed by atoms with Gasteiger partial charge in [0.1, 0.15) is 5.82 Å². The van der Waals surface area contributed by atoms with E-state index in [4.69, 9.17) is 5.11 Å². The van der Waals surface area contributed by atoms with Crippen LogP contribution in [0.5, 0.6) is 5.75 Å². The molecular formula is C14H9F5N2O2. The fourth-order valence-electron chi connectivity index (χ4n) is 1.67. The number of carbonyl (C=O) groups excluding carboxylic acids is 1. The summed E-state index contributed by atoms with van der Waals surface area (Å²) in [6, 6.07) is 3.38. The van der Waals surface area contributed by atoms with Crippen molar-refractivity contribution in [3.8, 4) is 5.75 Å². The Morgan fingerprint density at radius 1 is 0.957 bits per heavy atom. The Morgan fingerprint density at radius 2 is 1.65 bits per heavy atom. The number of alkyl halides is 3. The van der Waals surface area contributed by atoms with E-state index in [0.29, 0.717) is 18.2 Å². The van der Waals surface area contributed by atoms with Crippen LogP contribution >= 0.6 is 0 Å². The van der Waals surface area contributed by atoms with Crippen molar-refractivity contribution >= 4 is 17.4 Å². The molecule has 2 aromatic carbocycles. The number of amides is 2. The minimum absolute atomic E-state index is 0.0785.